The van der Waals surface area contributed by atoms with Crippen LogP contribution in [0.1, 0.15) is 24.8 Å². The molecule has 1 fully saturated rings. The second-order valence-electron chi connectivity index (χ2n) is 4.67. The molecule has 1 aromatic rings. The minimum atomic E-state index is -0.229. The van der Waals surface area contributed by atoms with E-state index in [0.717, 1.165) is 31.4 Å². The average Bonchev–Trinajstić information content (AvgIpc) is 2.40. The Kier molecular flexibility index (Phi) is 4.70. The molecule has 98 valence electrons. The molecule has 1 amide bonds. The van der Waals surface area contributed by atoms with Crippen molar-refractivity contribution in [3.8, 4) is 0 Å². The first-order chi connectivity index (χ1) is 8.75. The van der Waals surface area contributed by atoms with Crippen molar-refractivity contribution < 1.29 is 9.18 Å². The summed E-state index contributed by atoms with van der Waals surface area (Å²) in [6.07, 6.45) is 3.82. The van der Waals surface area contributed by atoms with Crippen LogP contribution in [0.5, 0.6) is 0 Å². The fourth-order valence-corrected chi connectivity index (χ4v) is 2.22. The minimum absolute atomic E-state index is 0.0498. The van der Waals surface area contributed by atoms with Gasteiger partial charge in [0.1, 0.15) is 5.82 Å². The number of benzene rings is 1. The Hall–Kier alpha value is -1.42. The Labute approximate surface area is 107 Å². The Balaban J connectivity index is 1.73. The molecule has 18 heavy (non-hydrogen) atoms. The van der Waals surface area contributed by atoms with E-state index in [2.05, 4.69) is 10.6 Å². The van der Waals surface area contributed by atoms with E-state index in [0.29, 0.717) is 13.0 Å². The molecule has 0 unspecified atom stereocenters. The highest BCUT2D eigenvalue weighted by Gasteiger charge is 2.19. The molecular weight excluding hydrogens is 231 g/mol. The molecule has 1 saturated heterocycles. The highest BCUT2D eigenvalue weighted by Crippen LogP contribution is 2.07. The summed E-state index contributed by atoms with van der Waals surface area (Å²) in [6, 6.07) is 6.44. The lowest BCUT2D eigenvalue weighted by Gasteiger charge is -2.22. The molecule has 1 atom stereocenters. The number of piperidine rings is 1. The molecule has 1 aliphatic rings. The first-order valence-electron chi connectivity index (χ1n) is 6.51. The molecule has 0 aromatic heterocycles. The van der Waals surface area contributed by atoms with Gasteiger partial charge in [0.2, 0.25) is 5.91 Å². The van der Waals surface area contributed by atoms with Gasteiger partial charge >= 0.3 is 0 Å². The van der Waals surface area contributed by atoms with Crippen LogP contribution in [-0.2, 0) is 11.2 Å². The normalized spacial score (nSPS) is 19.5. The molecule has 0 bridgehead atoms. The fourth-order valence-electron chi connectivity index (χ4n) is 2.22. The minimum Gasteiger partial charge on any atom is -0.354 e. The van der Waals surface area contributed by atoms with Crippen molar-refractivity contribution >= 4 is 5.91 Å². The first kappa shape index (κ1) is 13.0. The molecule has 4 heteroatoms. The molecule has 0 spiro atoms. The van der Waals surface area contributed by atoms with Gasteiger partial charge in [-0.15, -0.1) is 0 Å². The van der Waals surface area contributed by atoms with E-state index in [1.807, 2.05) is 6.07 Å². The van der Waals surface area contributed by atoms with Crippen molar-refractivity contribution in [3.05, 3.63) is 35.6 Å². The van der Waals surface area contributed by atoms with E-state index in [-0.39, 0.29) is 17.8 Å². The van der Waals surface area contributed by atoms with Crippen molar-refractivity contribution in [2.45, 2.75) is 31.7 Å². The molecule has 0 radical (unpaired) electrons. The van der Waals surface area contributed by atoms with Gasteiger partial charge in [0, 0.05) is 6.54 Å². The summed E-state index contributed by atoms with van der Waals surface area (Å²) in [7, 11) is 0. The topological polar surface area (TPSA) is 41.1 Å². The van der Waals surface area contributed by atoms with Gasteiger partial charge in [-0.1, -0.05) is 18.6 Å². The van der Waals surface area contributed by atoms with Crippen molar-refractivity contribution in [2.24, 2.45) is 0 Å². The van der Waals surface area contributed by atoms with E-state index in [1.165, 1.54) is 12.1 Å². The van der Waals surface area contributed by atoms with Gasteiger partial charge in [-0.25, -0.2) is 4.39 Å². The lowest BCUT2D eigenvalue weighted by Crippen LogP contribution is -2.47. The second kappa shape index (κ2) is 6.50. The Morgan fingerprint density at radius 1 is 1.44 bits per heavy atom. The lowest BCUT2D eigenvalue weighted by molar-refractivity contribution is -0.123. The molecule has 2 rings (SSSR count). The van der Waals surface area contributed by atoms with Gasteiger partial charge in [0.25, 0.3) is 0 Å². The Morgan fingerprint density at radius 2 is 2.33 bits per heavy atom. The van der Waals surface area contributed by atoms with Crippen LogP contribution < -0.4 is 10.6 Å². The maximum absolute atomic E-state index is 12.9. The van der Waals surface area contributed by atoms with Crippen LogP contribution in [0.4, 0.5) is 4.39 Å². The van der Waals surface area contributed by atoms with E-state index < -0.39 is 0 Å². The van der Waals surface area contributed by atoms with Crippen LogP contribution in [-0.4, -0.2) is 25.0 Å². The van der Waals surface area contributed by atoms with Crippen molar-refractivity contribution in [2.75, 3.05) is 13.1 Å². The number of hydrogen-bond acceptors (Lipinski definition) is 2. The van der Waals surface area contributed by atoms with Crippen LogP contribution in [0, 0.1) is 5.82 Å². The van der Waals surface area contributed by atoms with E-state index in [4.69, 9.17) is 0 Å². The molecule has 3 nitrogen and oxygen atoms in total. The molecule has 2 N–H and O–H groups in total. The van der Waals surface area contributed by atoms with E-state index in [1.54, 1.807) is 6.07 Å². The third-order valence-electron chi connectivity index (χ3n) is 3.23. The third kappa shape index (κ3) is 3.81. The molecule has 1 heterocycles. The van der Waals surface area contributed by atoms with Gasteiger partial charge in [0.15, 0.2) is 0 Å². The molecule has 1 aliphatic heterocycles. The summed E-state index contributed by atoms with van der Waals surface area (Å²) >= 11 is 0. The van der Waals surface area contributed by atoms with Gasteiger partial charge in [-0.05, 0) is 43.5 Å². The van der Waals surface area contributed by atoms with Crippen LogP contribution in [0.3, 0.4) is 0 Å². The first-order valence-corrected chi connectivity index (χ1v) is 6.51. The van der Waals surface area contributed by atoms with Crippen LogP contribution >= 0.6 is 0 Å². The van der Waals surface area contributed by atoms with Crippen LogP contribution in [0.2, 0.25) is 0 Å². The number of nitrogens with one attached hydrogen (secondary N) is 2. The smallest absolute Gasteiger partial charge is 0.237 e. The van der Waals surface area contributed by atoms with Crippen molar-refractivity contribution in [3.63, 3.8) is 0 Å². The van der Waals surface area contributed by atoms with Crippen molar-refractivity contribution in [1.29, 1.82) is 0 Å². The van der Waals surface area contributed by atoms with E-state index in [9.17, 15) is 9.18 Å². The van der Waals surface area contributed by atoms with Crippen LogP contribution in [0.15, 0.2) is 24.3 Å². The maximum atomic E-state index is 12.9. The molecular formula is C14H19FN2O. The van der Waals surface area contributed by atoms with Gasteiger partial charge in [-0.3, -0.25) is 4.79 Å². The Morgan fingerprint density at radius 3 is 3.06 bits per heavy atom. The SMILES string of the molecule is O=C(NCCc1cccc(F)c1)[C@@H]1CCCCN1. The summed E-state index contributed by atoms with van der Waals surface area (Å²) in [5.41, 5.74) is 0.909. The number of carbonyl (C=O) groups is 1. The average molecular weight is 250 g/mol. The second-order valence-corrected chi connectivity index (χ2v) is 4.67. The summed E-state index contributed by atoms with van der Waals surface area (Å²) in [5.74, 6) is -0.168. The summed E-state index contributed by atoms with van der Waals surface area (Å²) < 4.78 is 12.9. The quantitative estimate of drug-likeness (QED) is 0.852. The summed E-state index contributed by atoms with van der Waals surface area (Å²) in [4.78, 5) is 11.8. The highest BCUT2D eigenvalue weighted by molar-refractivity contribution is 5.81. The summed E-state index contributed by atoms with van der Waals surface area (Å²) in [5, 5.41) is 6.10. The van der Waals surface area contributed by atoms with E-state index >= 15 is 0 Å². The number of halogens is 1. The number of rotatable bonds is 4. The maximum Gasteiger partial charge on any atom is 0.237 e. The number of amides is 1. The number of hydrogen-bond donors (Lipinski definition) is 2. The standard InChI is InChI=1S/C14H19FN2O/c15-12-5-3-4-11(10-12)7-9-17-14(18)13-6-1-2-8-16-13/h3-5,10,13,16H,1-2,6-9H2,(H,17,18)/t13-/m0/s1. The largest absolute Gasteiger partial charge is 0.354 e. The fraction of sp³-hybridized carbons (Fsp3) is 0.500. The zero-order valence-electron chi connectivity index (χ0n) is 10.4. The summed E-state index contributed by atoms with van der Waals surface area (Å²) in [6.45, 7) is 1.47. The predicted octanol–water partition coefficient (Wildman–Crippen LogP) is 1.63. The zero-order valence-corrected chi connectivity index (χ0v) is 10.4. The molecule has 1 aromatic carbocycles. The Bertz CT molecular complexity index is 403. The molecule has 0 aliphatic carbocycles. The van der Waals surface area contributed by atoms with Crippen LogP contribution in [0.25, 0.3) is 0 Å². The molecule has 0 saturated carbocycles. The van der Waals surface area contributed by atoms with Gasteiger partial charge < -0.3 is 10.6 Å². The van der Waals surface area contributed by atoms with Gasteiger partial charge in [-0.2, -0.15) is 0 Å². The van der Waals surface area contributed by atoms with Crippen molar-refractivity contribution in [1.82, 2.24) is 10.6 Å². The monoisotopic (exact) mass is 250 g/mol. The lowest BCUT2D eigenvalue weighted by atomic mass is 10.0. The predicted molar refractivity (Wildman–Crippen MR) is 68.8 cm³/mol. The third-order valence-corrected chi connectivity index (χ3v) is 3.23. The highest BCUT2D eigenvalue weighted by atomic mass is 19.1. The van der Waals surface area contributed by atoms with Gasteiger partial charge in [0.05, 0.1) is 6.04 Å². The number of carbonyl (C=O) groups excluding carboxylic acids is 1. The zero-order chi connectivity index (χ0) is 12.8.